The molecule has 5 nitrogen and oxygen atoms in total. The van der Waals surface area contributed by atoms with Crippen molar-refractivity contribution in [1.29, 1.82) is 0 Å². The van der Waals surface area contributed by atoms with Gasteiger partial charge in [0.25, 0.3) is 5.43 Å². The normalized spacial score (nSPS) is 10.5. The van der Waals surface area contributed by atoms with Gasteiger partial charge in [-0.1, -0.05) is 0 Å². The summed E-state index contributed by atoms with van der Waals surface area (Å²) in [6, 6.07) is 5.09. The van der Waals surface area contributed by atoms with E-state index in [4.69, 9.17) is 0 Å². The standard InChI is InChI=1S/C9H5IN2O3/c10-5-1-2-6-7(3-5)11-4-8(9(6)13)12(14)15/h1-4H,(H,11,13). The predicted molar refractivity (Wildman–Crippen MR) is 63.9 cm³/mol. The smallest absolute Gasteiger partial charge is 0.332 e. The van der Waals surface area contributed by atoms with Crippen LogP contribution in [0.5, 0.6) is 0 Å². The number of rotatable bonds is 1. The van der Waals surface area contributed by atoms with Crippen molar-refractivity contribution in [3.63, 3.8) is 0 Å². The zero-order valence-electron chi connectivity index (χ0n) is 7.36. The minimum absolute atomic E-state index is 0.338. The molecule has 0 fully saturated rings. The van der Waals surface area contributed by atoms with E-state index < -0.39 is 16.0 Å². The van der Waals surface area contributed by atoms with Gasteiger partial charge in [0, 0.05) is 3.57 Å². The molecule has 0 saturated carbocycles. The van der Waals surface area contributed by atoms with E-state index in [0.717, 1.165) is 9.77 Å². The molecule has 2 aromatic rings. The lowest BCUT2D eigenvalue weighted by Crippen LogP contribution is -2.08. The van der Waals surface area contributed by atoms with E-state index in [-0.39, 0.29) is 0 Å². The Bertz CT molecular complexity index is 606. The van der Waals surface area contributed by atoms with Gasteiger partial charge in [0.2, 0.25) is 0 Å². The quantitative estimate of drug-likeness (QED) is 0.497. The third kappa shape index (κ3) is 1.72. The lowest BCUT2D eigenvalue weighted by Gasteiger charge is -1.97. The van der Waals surface area contributed by atoms with Crippen molar-refractivity contribution in [2.75, 3.05) is 0 Å². The molecule has 0 aliphatic carbocycles. The number of nitrogens with zero attached hydrogens (tertiary/aromatic N) is 1. The zero-order valence-corrected chi connectivity index (χ0v) is 9.52. The number of hydrogen-bond donors (Lipinski definition) is 1. The number of halogens is 1. The fourth-order valence-electron chi connectivity index (χ4n) is 1.32. The SMILES string of the molecule is O=c1c([N+](=O)[O-])c[nH]c2cc(I)ccc12. The molecule has 1 aromatic carbocycles. The highest BCUT2D eigenvalue weighted by molar-refractivity contribution is 14.1. The number of pyridine rings is 1. The summed E-state index contributed by atoms with van der Waals surface area (Å²) in [5, 5.41) is 10.9. The number of aromatic nitrogens is 1. The van der Waals surface area contributed by atoms with Gasteiger partial charge in [0.1, 0.15) is 0 Å². The Morgan fingerprint density at radius 1 is 1.40 bits per heavy atom. The average molecular weight is 316 g/mol. The maximum Gasteiger partial charge on any atom is 0.332 e. The molecular weight excluding hydrogens is 311 g/mol. The van der Waals surface area contributed by atoms with Crippen LogP contribution in [0.1, 0.15) is 0 Å². The Morgan fingerprint density at radius 3 is 2.80 bits per heavy atom. The van der Waals surface area contributed by atoms with Crippen LogP contribution < -0.4 is 5.43 Å². The Morgan fingerprint density at radius 2 is 2.13 bits per heavy atom. The predicted octanol–water partition coefficient (Wildman–Crippen LogP) is 2.04. The van der Waals surface area contributed by atoms with Crippen LogP contribution in [0.3, 0.4) is 0 Å². The van der Waals surface area contributed by atoms with Crippen LogP contribution in [0.4, 0.5) is 5.69 Å². The van der Waals surface area contributed by atoms with Crippen LogP contribution in [-0.4, -0.2) is 9.91 Å². The van der Waals surface area contributed by atoms with Crippen LogP contribution in [0, 0.1) is 13.7 Å². The van der Waals surface area contributed by atoms with Crippen LogP contribution in [0.25, 0.3) is 10.9 Å². The summed E-state index contributed by atoms with van der Waals surface area (Å²) in [5.41, 5.74) is -0.369. The third-order valence-electron chi connectivity index (χ3n) is 2.02. The highest BCUT2D eigenvalue weighted by Crippen LogP contribution is 2.14. The zero-order chi connectivity index (χ0) is 11.0. The molecular formula is C9H5IN2O3. The molecule has 0 unspecified atom stereocenters. The maximum absolute atomic E-state index is 11.6. The van der Waals surface area contributed by atoms with Crippen LogP contribution in [0.2, 0.25) is 0 Å². The van der Waals surface area contributed by atoms with E-state index in [1.165, 1.54) is 0 Å². The van der Waals surface area contributed by atoms with Crippen molar-refractivity contribution >= 4 is 39.2 Å². The summed E-state index contributed by atoms with van der Waals surface area (Å²) >= 11 is 2.11. The van der Waals surface area contributed by atoms with E-state index >= 15 is 0 Å². The topological polar surface area (TPSA) is 76.0 Å². The van der Waals surface area contributed by atoms with Crippen molar-refractivity contribution in [1.82, 2.24) is 4.98 Å². The lowest BCUT2D eigenvalue weighted by molar-refractivity contribution is -0.386. The lowest BCUT2D eigenvalue weighted by atomic mass is 10.2. The van der Waals surface area contributed by atoms with Gasteiger partial charge in [0.05, 0.1) is 22.0 Å². The highest BCUT2D eigenvalue weighted by atomic mass is 127. The van der Waals surface area contributed by atoms with Gasteiger partial charge >= 0.3 is 5.69 Å². The third-order valence-corrected chi connectivity index (χ3v) is 2.69. The largest absolute Gasteiger partial charge is 0.355 e. The van der Waals surface area contributed by atoms with E-state index in [1.807, 2.05) is 0 Å². The molecule has 1 N–H and O–H groups in total. The number of aromatic amines is 1. The fraction of sp³-hybridized carbons (Fsp3) is 0. The van der Waals surface area contributed by atoms with Crippen molar-refractivity contribution < 1.29 is 4.92 Å². The van der Waals surface area contributed by atoms with Gasteiger partial charge in [-0.25, -0.2) is 0 Å². The summed E-state index contributed by atoms with van der Waals surface area (Å²) in [5.74, 6) is 0. The second kappa shape index (κ2) is 3.61. The van der Waals surface area contributed by atoms with Crippen molar-refractivity contribution in [3.8, 4) is 0 Å². The minimum Gasteiger partial charge on any atom is -0.355 e. The summed E-state index contributed by atoms with van der Waals surface area (Å²) < 4.78 is 0.963. The molecule has 0 aliphatic rings. The van der Waals surface area contributed by atoms with E-state index in [0.29, 0.717) is 10.9 Å². The fourth-order valence-corrected chi connectivity index (χ4v) is 1.81. The Labute approximate surface area is 97.4 Å². The molecule has 1 heterocycles. The molecule has 0 aliphatic heterocycles. The monoisotopic (exact) mass is 316 g/mol. The molecule has 2 rings (SSSR count). The van der Waals surface area contributed by atoms with Crippen LogP contribution in [-0.2, 0) is 0 Å². The van der Waals surface area contributed by atoms with Crippen molar-refractivity contribution in [2.24, 2.45) is 0 Å². The molecule has 15 heavy (non-hydrogen) atoms. The minimum atomic E-state index is -0.684. The molecule has 6 heteroatoms. The Balaban J connectivity index is 2.86. The Hall–Kier alpha value is -1.44. The van der Waals surface area contributed by atoms with Gasteiger partial charge < -0.3 is 4.98 Å². The van der Waals surface area contributed by atoms with Gasteiger partial charge in [-0.2, -0.15) is 0 Å². The molecule has 0 radical (unpaired) electrons. The first-order valence-corrected chi connectivity index (χ1v) is 5.13. The second-order valence-electron chi connectivity index (χ2n) is 2.95. The molecule has 0 spiro atoms. The van der Waals surface area contributed by atoms with Crippen LogP contribution in [0.15, 0.2) is 29.2 Å². The average Bonchev–Trinajstić information content (AvgIpc) is 2.17. The first-order chi connectivity index (χ1) is 7.09. The van der Waals surface area contributed by atoms with E-state index in [2.05, 4.69) is 27.6 Å². The summed E-state index contributed by atoms with van der Waals surface area (Å²) in [6.45, 7) is 0. The Kier molecular flexibility index (Phi) is 2.43. The van der Waals surface area contributed by atoms with Crippen molar-refractivity contribution in [3.05, 3.63) is 48.3 Å². The van der Waals surface area contributed by atoms with E-state index in [9.17, 15) is 14.9 Å². The number of nitrogens with one attached hydrogen (secondary N) is 1. The number of hydrogen-bond acceptors (Lipinski definition) is 3. The first-order valence-electron chi connectivity index (χ1n) is 4.05. The van der Waals surface area contributed by atoms with Gasteiger partial charge in [-0.05, 0) is 40.8 Å². The number of H-pyrrole nitrogens is 1. The molecule has 0 saturated heterocycles. The van der Waals surface area contributed by atoms with Gasteiger partial charge in [0.15, 0.2) is 0 Å². The second-order valence-corrected chi connectivity index (χ2v) is 4.20. The van der Waals surface area contributed by atoms with Gasteiger partial charge in [-0.15, -0.1) is 0 Å². The summed E-state index contributed by atoms with van der Waals surface area (Å²) in [4.78, 5) is 24.2. The summed E-state index contributed by atoms with van der Waals surface area (Å²) in [6.07, 6.45) is 1.13. The molecule has 1 aromatic heterocycles. The molecule has 76 valence electrons. The number of nitro groups is 1. The first kappa shape index (κ1) is 10.1. The molecule has 0 amide bonds. The van der Waals surface area contributed by atoms with Crippen LogP contribution >= 0.6 is 22.6 Å². The number of fused-ring (bicyclic) bond motifs is 1. The molecule has 0 bridgehead atoms. The highest BCUT2D eigenvalue weighted by Gasteiger charge is 2.14. The number of benzene rings is 1. The van der Waals surface area contributed by atoms with E-state index in [1.54, 1.807) is 18.2 Å². The molecule has 0 atom stereocenters. The van der Waals surface area contributed by atoms with Gasteiger partial charge in [-0.3, -0.25) is 14.9 Å². The maximum atomic E-state index is 11.6. The summed E-state index contributed by atoms with van der Waals surface area (Å²) in [7, 11) is 0. The van der Waals surface area contributed by atoms with Crippen molar-refractivity contribution in [2.45, 2.75) is 0 Å².